The van der Waals surface area contributed by atoms with Crippen molar-refractivity contribution >= 4 is 31.9 Å². The summed E-state index contributed by atoms with van der Waals surface area (Å²) in [6.45, 7) is 2.79. The molecule has 102 valence electrons. The molecule has 1 aromatic heterocycles. The molecule has 0 radical (unpaired) electrons. The summed E-state index contributed by atoms with van der Waals surface area (Å²) < 4.78 is 16.3. The fourth-order valence-electron chi connectivity index (χ4n) is 1.94. The molecule has 4 nitrogen and oxygen atoms in total. The fourth-order valence-corrected chi connectivity index (χ4v) is 3.08. The summed E-state index contributed by atoms with van der Waals surface area (Å²) in [6, 6.07) is 4.54. The third-order valence-electron chi connectivity index (χ3n) is 2.78. The minimum Gasteiger partial charge on any atom is -0.305 e. The number of nitrogens with one attached hydrogen (secondary N) is 1. The summed E-state index contributed by atoms with van der Waals surface area (Å²) in [5.41, 5.74) is 1.84. The molecule has 1 unspecified atom stereocenters. The van der Waals surface area contributed by atoms with E-state index in [4.69, 9.17) is 0 Å². The highest BCUT2D eigenvalue weighted by Gasteiger charge is 2.23. The maximum absolute atomic E-state index is 13.2. The number of rotatable bonds is 4. The first-order chi connectivity index (χ1) is 9.04. The summed E-state index contributed by atoms with van der Waals surface area (Å²) in [5.74, 6) is -0.270. The molecule has 0 saturated heterocycles. The average Bonchev–Trinajstić information content (AvgIpc) is 2.67. The van der Waals surface area contributed by atoms with E-state index in [-0.39, 0.29) is 11.9 Å². The topological polar surface area (TPSA) is 42.7 Å². The quantitative estimate of drug-likeness (QED) is 0.870. The number of hydrogen-bond acceptors (Lipinski definition) is 3. The highest BCUT2D eigenvalue weighted by Crippen LogP contribution is 2.31. The molecular weight excluding hydrogens is 379 g/mol. The molecule has 0 aliphatic rings. The van der Waals surface area contributed by atoms with E-state index in [1.54, 1.807) is 10.7 Å². The number of aromatic nitrogens is 3. The third kappa shape index (κ3) is 3.04. The third-order valence-corrected chi connectivity index (χ3v) is 4.03. The van der Waals surface area contributed by atoms with Crippen LogP contribution in [0.3, 0.4) is 0 Å². The molecule has 1 heterocycles. The monoisotopic (exact) mass is 390 g/mol. The summed E-state index contributed by atoms with van der Waals surface area (Å²) in [6.07, 6.45) is 0. The number of aryl methyl sites for hydroxylation is 1. The van der Waals surface area contributed by atoms with Crippen molar-refractivity contribution in [2.24, 2.45) is 7.05 Å². The van der Waals surface area contributed by atoms with Crippen molar-refractivity contribution in [3.63, 3.8) is 0 Å². The first-order valence-electron chi connectivity index (χ1n) is 5.78. The van der Waals surface area contributed by atoms with Gasteiger partial charge in [-0.15, -0.1) is 5.10 Å². The highest BCUT2D eigenvalue weighted by atomic mass is 79.9. The molecule has 0 fully saturated rings. The van der Waals surface area contributed by atoms with Crippen LogP contribution in [-0.2, 0) is 7.05 Å². The van der Waals surface area contributed by atoms with Gasteiger partial charge in [-0.3, -0.25) is 0 Å². The molecule has 0 bridgehead atoms. The summed E-state index contributed by atoms with van der Waals surface area (Å²) in [7, 11) is 1.83. The Labute approximate surface area is 127 Å². The van der Waals surface area contributed by atoms with Crippen molar-refractivity contribution in [3.8, 4) is 0 Å². The molecule has 7 heteroatoms. The minimum absolute atomic E-state index is 0.116. The predicted molar refractivity (Wildman–Crippen MR) is 78.3 cm³/mol. The molecule has 0 amide bonds. The van der Waals surface area contributed by atoms with Gasteiger partial charge in [-0.25, -0.2) is 9.07 Å². The van der Waals surface area contributed by atoms with E-state index in [9.17, 15) is 4.39 Å². The van der Waals surface area contributed by atoms with E-state index in [2.05, 4.69) is 47.5 Å². The van der Waals surface area contributed by atoms with Crippen LogP contribution in [0.25, 0.3) is 0 Å². The second-order valence-electron chi connectivity index (χ2n) is 4.05. The van der Waals surface area contributed by atoms with Crippen LogP contribution in [-0.4, -0.2) is 21.5 Å². The van der Waals surface area contributed by atoms with Crippen molar-refractivity contribution in [1.82, 2.24) is 20.3 Å². The van der Waals surface area contributed by atoms with Crippen LogP contribution in [0.2, 0.25) is 0 Å². The zero-order valence-corrected chi connectivity index (χ0v) is 13.7. The Balaban J connectivity index is 2.51. The van der Waals surface area contributed by atoms with Crippen molar-refractivity contribution in [2.45, 2.75) is 13.0 Å². The molecule has 0 aliphatic heterocycles. The van der Waals surface area contributed by atoms with Crippen LogP contribution in [0.15, 0.2) is 27.3 Å². The Morgan fingerprint density at radius 3 is 2.68 bits per heavy atom. The van der Waals surface area contributed by atoms with Gasteiger partial charge in [-0.2, -0.15) is 0 Å². The average molecular weight is 392 g/mol. The van der Waals surface area contributed by atoms with Crippen molar-refractivity contribution < 1.29 is 4.39 Å². The van der Waals surface area contributed by atoms with Gasteiger partial charge in [-0.05, 0) is 40.2 Å². The lowest BCUT2D eigenvalue weighted by atomic mass is 10.0. The van der Waals surface area contributed by atoms with Crippen molar-refractivity contribution in [1.29, 1.82) is 0 Å². The molecule has 1 N–H and O–H groups in total. The van der Waals surface area contributed by atoms with Crippen LogP contribution in [0.1, 0.15) is 24.2 Å². The molecule has 1 atom stereocenters. The summed E-state index contributed by atoms with van der Waals surface area (Å²) in [4.78, 5) is 0. The maximum atomic E-state index is 13.2. The van der Waals surface area contributed by atoms with Gasteiger partial charge in [0.05, 0.1) is 11.7 Å². The molecule has 1 aromatic carbocycles. The Morgan fingerprint density at radius 1 is 1.42 bits per heavy atom. The Morgan fingerprint density at radius 2 is 2.16 bits per heavy atom. The van der Waals surface area contributed by atoms with Crippen molar-refractivity contribution in [2.75, 3.05) is 6.54 Å². The molecule has 0 spiro atoms. The number of hydrogen-bond donors (Lipinski definition) is 1. The molecule has 2 rings (SSSR count). The zero-order valence-electron chi connectivity index (χ0n) is 10.5. The lowest BCUT2D eigenvalue weighted by molar-refractivity contribution is 0.563. The highest BCUT2D eigenvalue weighted by molar-refractivity contribution is 9.10. The molecule has 2 aromatic rings. The maximum Gasteiger partial charge on any atom is 0.153 e. The van der Waals surface area contributed by atoms with E-state index >= 15 is 0 Å². The van der Waals surface area contributed by atoms with Gasteiger partial charge in [0.1, 0.15) is 5.82 Å². The Kier molecular flexibility index (Phi) is 4.70. The normalized spacial score (nSPS) is 12.7. The van der Waals surface area contributed by atoms with Gasteiger partial charge < -0.3 is 5.32 Å². The number of benzene rings is 1. The second kappa shape index (κ2) is 6.11. The summed E-state index contributed by atoms with van der Waals surface area (Å²) >= 11 is 6.81. The lowest BCUT2D eigenvalue weighted by Gasteiger charge is -2.20. The Bertz CT molecular complexity index is 566. The fraction of sp³-hybridized carbons (Fsp3) is 0.333. The minimum atomic E-state index is -0.270. The van der Waals surface area contributed by atoms with E-state index in [0.717, 1.165) is 17.8 Å². The van der Waals surface area contributed by atoms with Crippen molar-refractivity contribution in [3.05, 3.63) is 44.3 Å². The first-order valence-corrected chi connectivity index (χ1v) is 7.36. The largest absolute Gasteiger partial charge is 0.305 e. The SMILES string of the molecule is CCNC(c1ccc(F)cc1Br)c1c(Br)nnn1C. The number of nitrogens with zero attached hydrogens (tertiary/aromatic N) is 3. The van der Waals surface area contributed by atoms with E-state index in [1.807, 2.05) is 14.0 Å². The smallest absolute Gasteiger partial charge is 0.153 e. The van der Waals surface area contributed by atoms with Crippen LogP contribution in [0.5, 0.6) is 0 Å². The molecule has 0 saturated carbocycles. The van der Waals surface area contributed by atoms with Crippen LogP contribution < -0.4 is 5.32 Å². The van der Waals surface area contributed by atoms with Gasteiger partial charge in [0.2, 0.25) is 0 Å². The summed E-state index contributed by atoms with van der Waals surface area (Å²) in [5, 5.41) is 11.3. The Hall–Kier alpha value is -0.790. The van der Waals surface area contributed by atoms with Gasteiger partial charge in [0.15, 0.2) is 4.60 Å². The standard InChI is InChI=1S/C12H13Br2FN4/c1-3-16-10(11-12(14)17-18-19(11)2)8-5-4-7(15)6-9(8)13/h4-6,10,16H,3H2,1-2H3. The predicted octanol–water partition coefficient (Wildman–Crippen LogP) is 3.18. The van der Waals surface area contributed by atoms with E-state index in [1.165, 1.54) is 12.1 Å². The van der Waals surface area contributed by atoms with Gasteiger partial charge >= 0.3 is 0 Å². The van der Waals surface area contributed by atoms with Crippen LogP contribution in [0, 0.1) is 5.82 Å². The van der Waals surface area contributed by atoms with Crippen LogP contribution >= 0.6 is 31.9 Å². The first kappa shape index (κ1) is 14.6. The number of halogens is 3. The van der Waals surface area contributed by atoms with E-state index < -0.39 is 0 Å². The second-order valence-corrected chi connectivity index (χ2v) is 5.65. The van der Waals surface area contributed by atoms with Gasteiger partial charge in [0, 0.05) is 11.5 Å². The van der Waals surface area contributed by atoms with Gasteiger partial charge in [0.25, 0.3) is 0 Å². The molecular formula is C12H13Br2FN4. The molecule has 19 heavy (non-hydrogen) atoms. The molecule has 0 aliphatic carbocycles. The zero-order chi connectivity index (χ0) is 14.0. The van der Waals surface area contributed by atoms with E-state index in [0.29, 0.717) is 9.08 Å². The van der Waals surface area contributed by atoms with Gasteiger partial charge in [-0.1, -0.05) is 34.1 Å². The van der Waals surface area contributed by atoms with Crippen LogP contribution in [0.4, 0.5) is 4.39 Å². The lowest BCUT2D eigenvalue weighted by Crippen LogP contribution is -2.25.